The molecular formula is C21H26N2O2. The third kappa shape index (κ3) is 4.14. The molecule has 2 aromatic rings. The van der Waals surface area contributed by atoms with Crippen LogP contribution in [-0.4, -0.2) is 43.9 Å². The molecule has 1 atom stereocenters. The van der Waals surface area contributed by atoms with Crippen molar-refractivity contribution in [1.82, 2.24) is 4.90 Å². The van der Waals surface area contributed by atoms with E-state index in [0.29, 0.717) is 6.61 Å². The van der Waals surface area contributed by atoms with E-state index in [4.69, 9.17) is 9.47 Å². The van der Waals surface area contributed by atoms with E-state index >= 15 is 0 Å². The van der Waals surface area contributed by atoms with Gasteiger partial charge in [-0.15, -0.1) is 0 Å². The van der Waals surface area contributed by atoms with Crippen LogP contribution in [0.5, 0.6) is 5.75 Å². The third-order valence-electron chi connectivity index (χ3n) is 4.93. The highest BCUT2D eigenvalue weighted by molar-refractivity contribution is 5.63. The van der Waals surface area contributed by atoms with Crippen LogP contribution in [-0.2, 0) is 17.7 Å². The van der Waals surface area contributed by atoms with Crippen LogP contribution in [0.1, 0.15) is 17.5 Å². The van der Waals surface area contributed by atoms with Crippen LogP contribution in [0.15, 0.2) is 48.5 Å². The minimum absolute atomic E-state index is 0.122. The van der Waals surface area contributed by atoms with Crippen molar-refractivity contribution in [3.8, 4) is 5.75 Å². The van der Waals surface area contributed by atoms with Gasteiger partial charge in [0.25, 0.3) is 0 Å². The summed E-state index contributed by atoms with van der Waals surface area (Å²) >= 11 is 0. The maximum Gasteiger partial charge on any atom is 0.142 e. The maximum atomic E-state index is 6.13. The Morgan fingerprint density at radius 1 is 1.12 bits per heavy atom. The fraction of sp³-hybridized carbons (Fsp3) is 0.429. The third-order valence-corrected chi connectivity index (χ3v) is 4.93. The Hall–Kier alpha value is -2.04. The first-order valence-electron chi connectivity index (χ1n) is 9.25. The lowest BCUT2D eigenvalue weighted by Gasteiger charge is -2.33. The van der Waals surface area contributed by atoms with Crippen molar-refractivity contribution in [3.63, 3.8) is 0 Å². The molecule has 1 fully saturated rings. The van der Waals surface area contributed by atoms with Gasteiger partial charge in [-0.3, -0.25) is 4.90 Å². The number of anilines is 1. The van der Waals surface area contributed by atoms with Gasteiger partial charge in [0.2, 0.25) is 0 Å². The van der Waals surface area contributed by atoms with Crippen LogP contribution in [0.25, 0.3) is 0 Å². The number of nitrogens with zero attached hydrogens (tertiary/aromatic N) is 1. The Balaban J connectivity index is 1.34. The van der Waals surface area contributed by atoms with Crippen molar-refractivity contribution in [2.45, 2.75) is 25.5 Å². The van der Waals surface area contributed by atoms with Crippen molar-refractivity contribution in [2.75, 3.05) is 38.2 Å². The Morgan fingerprint density at radius 2 is 2.04 bits per heavy atom. The summed E-state index contributed by atoms with van der Waals surface area (Å²) in [5.74, 6) is 0.959. The van der Waals surface area contributed by atoms with E-state index in [1.165, 1.54) is 23.2 Å². The zero-order valence-corrected chi connectivity index (χ0v) is 14.6. The predicted octanol–water partition coefficient (Wildman–Crippen LogP) is 3.32. The molecular weight excluding hydrogens is 312 g/mol. The summed E-state index contributed by atoms with van der Waals surface area (Å²) in [6.07, 6.45) is 2.44. The molecule has 2 heterocycles. The molecule has 2 aliphatic heterocycles. The van der Waals surface area contributed by atoms with E-state index in [1.807, 2.05) is 0 Å². The summed E-state index contributed by atoms with van der Waals surface area (Å²) in [5, 5.41) is 3.48. The standard InChI is InChI=1S/C21H26N2O2/c1-2-6-17(7-3-1)14-23-12-13-24-19(15-23)16-25-20-10-4-8-18-9-5-11-22-21(18)20/h1-4,6-8,10,19,22H,5,9,11-16H2. The number of benzene rings is 2. The SMILES string of the molecule is c1ccc(CN2CCOC(COc3cccc4c3NCCC4)C2)cc1. The second-order valence-corrected chi connectivity index (χ2v) is 6.85. The average molecular weight is 338 g/mol. The van der Waals surface area contributed by atoms with Crippen LogP contribution in [0, 0.1) is 0 Å². The van der Waals surface area contributed by atoms with Gasteiger partial charge >= 0.3 is 0 Å². The second kappa shape index (κ2) is 7.89. The topological polar surface area (TPSA) is 33.7 Å². The van der Waals surface area contributed by atoms with Crippen molar-refractivity contribution in [2.24, 2.45) is 0 Å². The molecule has 1 N–H and O–H groups in total. The molecule has 0 amide bonds. The van der Waals surface area contributed by atoms with E-state index < -0.39 is 0 Å². The highest BCUT2D eigenvalue weighted by Crippen LogP contribution is 2.32. The summed E-state index contributed by atoms with van der Waals surface area (Å²) in [7, 11) is 0. The number of aryl methyl sites for hydroxylation is 1. The van der Waals surface area contributed by atoms with Gasteiger partial charge in [-0.05, 0) is 30.0 Å². The van der Waals surface area contributed by atoms with Gasteiger partial charge in [0.1, 0.15) is 18.5 Å². The lowest BCUT2D eigenvalue weighted by Crippen LogP contribution is -2.44. The van der Waals surface area contributed by atoms with Gasteiger partial charge in [0, 0.05) is 26.2 Å². The van der Waals surface area contributed by atoms with Crippen LogP contribution >= 0.6 is 0 Å². The van der Waals surface area contributed by atoms with Gasteiger partial charge in [0.15, 0.2) is 0 Å². The van der Waals surface area contributed by atoms with Crippen LogP contribution in [0.3, 0.4) is 0 Å². The molecule has 0 radical (unpaired) electrons. The maximum absolute atomic E-state index is 6.13. The molecule has 1 unspecified atom stereocenters. The van der Waals surface area contributed by atoms with Crippen molar-refractivity contribution in [1.29, 1.82) is 0 Å². The smallest absolute Gasteiger partial charge is 0.142 e. The number of nitrogens with one attached hydrogen (secondary N) is 1. The van der Waals surface area contributed by atoms with Crippen molar-refractivity contribution < 1.29 is 9.47 Å². The molecule has 0 aliphatic carbocycles. The summed E-state index contributed by atoms with van der Waals surface area (Å²) in [6, 6.07) is 17.0. The first-order valence-corrected chi connectivity index (χ1v) is 9.25. The summed E-state index contributed by atoms with van der Waals surface area (Å²) in [5.41, 5.74) is 3.88. The highest BCUT2D eigenvalue weighted by atomic mass is 16.5. The lowest BCUT2D eigenvalue weighted by molar-refractivity contribution is -0.0503. The van der Waals surface area contributed by atoms with E-state index in [2.05, 4.69) is 58.7 Å². The minimum atomic E-state index is 0.122. The highest BCUT2D eigenvalue weighted by Gasteiger charge is 2.22. The number of para-hydroxylation sites is 1. The van der Waals surface area contributed by atoms with E-state index in [1.54, 1.807) is 0 Å². The normalized spacial score (nSPS) is 20.6. The van der Waals surface area contributed by atoms with Crippen molar-refractivity contribution >= 4 is 5.69 Å². The first-order chi connectivity index (χ1) is 12.4. The molecule has 4 rings (SSSR count). The fourth-order valence-electron chi connectivity index (χ4n) is 3.65. The lowest BCUT2D eigenvalue weighted by atomic mass is 10.0. The van der Waals surface area contributed by atoms with Gasteiger partial charge in [-0.1, -0.05) is 42.5 Å². The number of ether oxygens (including phenoxy) is 2. The number of fused-ring (bicyclic) bond motifs is 1. The molecule has 0 saturated carbocycles. The molecule has 132 valence electrons. The second-order valence-electron chi connectivity index (χ2n) is 6.85. The quantitative estimate of drug-likeness (QED) is 0.907. The summed E-state index contributed by atoms with van der Waals surface area (Å²) in [4.78, 5) is 2.45. The Morgan fingerprint density at radius 3 is 2.96 bits per heavy atom. The number of morpholine rings is 1. The van der Waals surface area contributed by atoms with Gasteiger partial charge in [0.05, 0.1) is 12.3 Å². The number of hydrogen-bond acceptors (Lipinski definition) is 4. The van der Waals surface area contributed by atoms with Crippen LogP contribution in [0.4, 0.5) is 5.69 Å². The Bertz CT molecular complexity index is 690. The molecule has 25 heavy (non-hydrogen) atoms. The van der Waals surface area contributed by atoms with Crippen LogP contribution < -0.4 is 10.1 Å². The molecule has 0 bridgehead atoms. The molecule has 4 nitrogen and oxygen atoms in total. The monoisotopic (exact) mass is 338 g/mol. The summed E-state index contributed by atoms with van der Waals surface area (Å²) in [6.45, 7) is 5.27. The molecule has 0 aromatic heterocycles. The Kier molecular flexibility index (Phi) is 5.19. The van der Waals surface area contributed by atoms with E-state index in [-0.39, 0.29) is 6.10 Å². The van der Waals surface area contributed by atoms with Crippen LogP contribution in [0.2, 0.25) is 0 Å². The zero-order valence-electron chi connectivity index (χ0n) is 14.6. The van der Waals surface area contributed by atoms with Gasteiger partial charge < -0.3 is 14.8 Å². The van der Waals surface area contributed by atoms with Gasteiger partial charge in [-0.25, -0.2) is 0 Å². The van der Waals surface area contributed by atoms with Crippen molar-refractivity contribution in [3.05, 3.63) is 59.7 Å². The van der Waals surface area contributed by atoms with E-state index in [0.717, 1.165) is 45.0 Å². The zero-order chi connectivity index (χ0) is 16.9. The van der Waals surface area contributed by atoms with Gasteiger partial charge in [-0.2, -0.15) is 0 Å². The molecule has 2 aromatic carbocycles. The molecule has 1 saturated heterocycles. The Labute approximate surface area is 149 Å². The predicted molar refractivity (Wildman–Crippen MR) is 100 cm³/mol. The molecule has 2 aliphatic rings. The van der Waals surface area contributed by atoms with E-state index in [9.17, 15) is 0 Å². The fourth-order valence-corrected chi connectivity index (χ4v) is 3.65. The minimum Gasteiger partial charge on any atom is -0.489 e. The molecule has 0 spiro atoms. The average Bonchev–Trinajstić information content (AvgIpc) is 2.67. The number of hydrogen-bond donors (Lipinski definition) is 1. The first kappa shape index (κ1) is 16.4. The molecule has 4 heteroatoms. The largest absolute Gasteiger partial charge is 0.489 e. The summed E-state index contributed by atoms with van der Waals surface area (Å²) < 4.78 is 12.1. The number of rotatable bonds is 5.